The summed E-state index contributed by atoms with van der Waals surface area (Å²) < 4.78 is 33.1. The van der Waals surface area contributed by atoms with Crippen molar-refractivity contribution in [1.82, 2.24) is 0 Å². The van der Waals surface area contributed by atoms with Crippen LogP contribution in [0.4, 0.5) is 17.1 Å². The summed E-state index contributed by atoms with van der Waals surface area (Å²) in [6.45, 7) is 1.59. The molecule has 0 fully saturated rings. The van der Waals surface area contributed by atoms with Crippen molar-refractivity contribution >= 4 is 38.7 Å². The van der Waals surface area contributed by atoms with Gasteiger partial charge in [-0.3, -0.25) is 24.5 Å². The topological polar surface area (TPSA) is 133 Å². The summed E-state index contributed by atoms with van der Waals surface area (Å²) in [6.07, 6.45) is 1.63. The van der Waals surface area contributed by atoms with E-state index in [4.69, 9.17) is 4.74 Å². The van der Waals surface area contributed by atoms with Crippen LogP contribution in [0.3, 0.4) is 0 Å². The Morgan fingerprint density at radius 3 is 2.18 bits per heavy atom. The molecule has 34 heavy (non-hydrogen) atoms. The first-order valence-electron chi connectivity index (χ1n) is 10.0. The molecule has 0 atom stereocenters. The fourth-order valence-electron chi connectivity index (χ4n) is 3.76. The Kier molecular flexibility index (Phi) is 5.80. The average molecular weight is 481 g/mol. The van der Waals surface area contributed by atoms with Crippen LogP contribution >= 0.6 is 0 Å². The molecule has 3 aromatic rings. The molecule has 0 radical (unpaired) electrons. The minimum Gasteiger partial charge on any atom is -0.497 e. The first-order chi connectivity index (χ1) is 16.1. The van der Waals surface area contributed by atoms with Gasteiger partial charge in [0.2, 0.25) is 0 Å². The zero-order valence-electron chi connectivity index (χ0n) is 18.2. The van der Waals surface area contributed by atoms with E-state index >= 15 is 0 Å². The highest BCUT2D eigenvalue weighted by atomic mass is 32.2. The molecule has 0 saturated carbocycles. The molecule has 0 N–H and O–H groups in total. The van der Waals surface area contributed by atoms with E-state index in [-0.39, 0.29) is 22.7 Å². The molecule has 0 bridgehead atoms. The van der Waals surface area contributed by atoms with E-state index in [0.717, 1.165) is 22.0 Å². The first-order valence-corrected chi connectivity index (χ1v) is 11.5. The predicted molar refractivity (Wildman–Crippen MR) is 126 cm³/mol. The number of nitro groups is 2. The highest BCUT2D eigenvalue weighted by Gasteiger charge is 2.40. The molecule has 1 aliphatic rings. The van der Waals surface area contributed by atoms with Crippen LogP contribution in [0.1, 0.15) is 16.7 Å². The third-order valence-corrected chi connectivity index (χ3v) is 7.23. The first kappa shape index (κ1) is 22.9. The number of benzene rings is 3. The van der Waals surface area contributed by atoms with Crippen molar-refractivity contribution in [2.75, 3.05) is 18.0 Å². The van der Waals surface area contributed by atoms with Crippen molar-refractivity contribution in [1.29, 1.82) is 0 Å². The Bertz CT molecular complexity index is 1430. The van der Waals surface area contributed by atoms with Crippen LogP contribution in [0.5, 0.6) is 5.75 Å². The molecular weight excluding hydrogens is 462 g/mol. The third-order valence-electron chi connectivity index (χ3n) is 5.46. The summed E-state index contributed by atoms with van der Waals surface area (Å²) in [4.78, 5) is 21.8. The summed E-state index contributed by atoms with van der Waals surface area (Å²) in [5.41, 5.74) is 0.669. The quantitative estimate of drug-likeness (QED) is 0.372. The van der Waals surface area contributed by atoms with Crippen LogP contribution in [-0.2, 0) is 10.0 Å². The van der Waals surface area contributed by atoms with E-state index in [0.29, 0.717) is 16.9 Å². The van der Waals surface area contributed by atoms with Crippen LogP contribution in [0.2, 0.25) is 0 Å². The summed E-state index contributed by atoms with van der Waals surface area (Å²) in [6, 6.07) is 14.9. The third kappa shape index (κ3) is 4.08. The number of nitrogens with zero attached hydrogens (tertiary/aromatic N) is 3. The van der Waals surface area contributed by atoms with E-state index in [1.54, 1.807) is 42.5 Å². The van der Waals surface area contributed by atoms with E-state index in [2.05, 4.69) is 0 Å². The minimum atomic E-state index is -4.16. The van der Waals surface area contributed by atoms with Gasteiger partial charge < -0.3 is 4.74 Å². The Hall–Kier alpha value is -4.25. The molecule has 0 amide bonds. The van der Waals surface area contributed by atoms with Crippen molar-refractivity contribution in [2.45, 2.75) is 11.8 Å². The maximum atomic E-state index is 13.5. The molecular formula is C23H19N3O7S. The fourth-order valence-corrected chi connectivity index (χ4v) is 5.21. The number of methoxy groups -OCH3 is 1. The van der Waals surface area contributed by atoms with Gasteiger partial charge in [0.15, 0.2) is 0 Å². The second-order valence-corrected chi connectivity index (χ2v) is 9.50. The lowest BCUT2D eigenvalue weighted by molar-refractivity contribution is -0.394. The molecule has 0 aromatic heterocycles. The molecule has 174 valence electrons. The predicted octanol–water partition coefficient (Wildman–Crippen LogP) is 4.57. The Morgan fingerprint density at radius 2 is 1.62 bits per heavy atom. The standard InChI is InChI=1S/C23H19N3O7S/c1-15-3-9-20(10-4-15)34(31,32)24-14-17(11-16-5-7-19(33-2)8-6-16)23-21(24)12-18(25(27)28)13-22(23)26(29)30/h3-13H,14H2,1-2H3/b17-11+. The molecule has 0 aliphatic carbocycles. The summed E-state index contributed by atoms with van der Waals surface area (Å²) in [5, 5.41) is 23.3. The number of anilines is 1. The number of non-ortho nitro benzene ring substituents is 1. The Balaban J connectivity index is 1.94. The highest BCUT2D eigenvalue weighted by Crippen LogP contribution is 2.47. The lowest BCUT2D eigenvalue weighted by atomic mass is 10.0. The van der Waals surface area contributed by atoms with Gasteiger partial charge in [-0.1, -0.05) is 29.8 Å². The van der Waals surface area contributed by atoms with E-state index < -0.39 is 31.2 Å². The Morgan fingerprint density at radius 1 is 0.971 bits per heavy atom. The van der Waals surface area contributed by atoms with E-state index in [9.17, 15) is 28.6 Å². The molecule has 0 spiro atoms. The van der Waals surface area contributed by atoms with Crippen molar-refractivity contribution in [3.63, 3.8) is 0 Å². The molecule has 1 heterocycles. The van der Waals surface area contributed by atoms with Crippen LogP contribution in [-0.4, -0.2) is 31.9 Å². The van der Waals surface area contributed by atoms with Gasteiger partial charge in [0, 0.05) is 6.07 Å². The van der Waals surface area contributed by atoms with Crippen LogP contribution in [0, 0.1) is 27.2 Å². The lowest BCUT2D eigenvalue weighted by Gasteiger charge is -2.19. The number of ether oxygens (including phenoxy) is 1. The number of sulfonamides is 1. The van der Waals surface area contributed by atoms with Crippen LogP contribution in [0.15, 0.2) is 65.6 Å². The molecule has 11 heteroatoms. The van der Waals surface area contributed by atoms with Crippen LogP contribution in [0.25, 0.3) is 11.6 Å². The van der Waals surface area contributed by atoms with Gasteiger partial charge in [-0.05, 0) is 48.4 Å². The van der Waals surface area contributed by atoms with E-state index in [1.165, 1.54) is 19.2 Å². The van der Waals surface area contributed by atoms with Gasteiger partial charge in [0.25, 0.3) is 21.4 Å². The number of aryl methyl sites for hydroxylation is 1. The number of hydrogen-bond donors (Lipinski definition) is 0. The highest BCUT2D eigenvalue weighted by molar-refractivity contribution is 7.92. The second kappa shape index (κ2) is 8.60. The average Bonchev–Trinajstić information content (AvgIpc) is 3.18. The maximum absolute atomic E-state index is 13.5. The van der Waals surface area contributed by atoms with Gasteiger partial charge in [0.1, 0.15) is 5.75 Å². The molecule has 1 aliphatic heterocycles. The SMILES string of the molecule is COc1ccc(/C=C2\CN(S(=O)(=O)c3ccc(C)cc3)c3cc([N+](=O)[O-])cc([N+](=O)[O-])c32)cc1. The normalized spacial score (nSPS) is 14.2. The number of hydrogen-bond acceptors (Lipinski definition) is 7. The summed E-state index contributed by atoms with van der Waals surface area (Å²) >= 11 is 0. The summed E-state index contributed by atoms with van der Waals surface area (Å²) in [5.74, 6) is 0.610. The van der Waals surface area contributed by atoms with Gasteiger partial charge in [-0.2, -0.15) is 0 Å². The maximum Gasteiger partial charge on any atom is 0.285 e. The molecule has 3 aromatic carbocycles. The Labute approximate surface area is 195 Å². The molecule has 0 saturated heterocycles. The zero-order valence-corrected chi connectivity index (χ0v) is 19.0. The smallest absolute Gasteiger partial charge is 0.285 e. The number of fused-ring (bicyclic) bond motifs is 1. The minimum absolute atomic E-state index is 0.0242. The molecule has 10 nitrogen and oxygen atoms in total. The van der Waals surface area contributed by atoms with Crippen molar-refractivity contribution in [2.24, 2.45) is 0 Å². The zero-order chi connectivity index (χ0) is 24.6. The van der Waals surface area contributed by atoms with E-state index in [1.807, 2.05) is 6.92 Å². The largest absolute Gasteiger partial charge is 0.497 e. The monoisotopic (exact) mass is 481 g/mol. The van der Waals surface area contributed by atoms with Gasteiger partial charge >= 0.3 is 0 Å². The molecule has 4 rings (SSSR count). The summed E-state index contributed by atoms with van der Waals surface area (Å²) in [7, 11) is -2.64. The van der Waals surface area contributed by atoms with Gasteiger partial charge in [-0.15, -0.1) is 0 Å². The fraction of sp³-hybridized carbons (Fsp3) is 0.130. The number of nitro benzene ring substituents is 2. The van der Waals surface area contributed by atoms with Crippen molar-refractivity contribution in [3.8, 4) is 5.75 Å². The van der Waals surface area contributed by atoms with Crippen LogP contribution < -0.4 is 9.04 Å². The molecule has 0 unspecified atom stereocenters. The van der Waals surface area contributed by atoms with Crippen molar-refractivity contribution in [3.05, 3.63) is 97.6 Å². The van der Waals surface area contributed by atoms with Crippen molar-refractivity contribution < 1.29 is 23.0 Å². The number of rotatable bonds is 6. The lowest BCUT2D eigenvalue weighted by Crippen LogP contribution is -2.29. The second-order valence-electron chi connectivity index (χ2n) is 7.64. The van der Waals surface area contributed by atoms with Gasteiger partial charge in [0.05, 0.1) is 45.7 Å². The van der Waals surface area contributed by atoms with Gasteiger partial charge in [-0.25, -0.2) is 8.42 Å².